The van der Waals surface area contributed by atoms with E-state index in [2.05, 4.69) is 20.7 Å². The summed E-state index contributed by atoms with van der Waals surface area (Å²) in [6.45, 7) is 3.65. The minimum Gasteiger partial charge on any atom is -0.368 e. The fraction of sp³-hybridized carbons (Fsp3) is 0.429. The highest BCUT2D eigenvalue weighted by Gasteiger charge is 2.26. The number of hydrogen-bond acceptors (Lipinski definition) is 4. The molecule has 0 aliphatic carbocycles. The predicted molar refractivity (Wildman–Crippen MR) is 110 cm³/mol. The Morgan fingerprint density at radius 1 is 1.28 bits per heavy atom. The number of aromatic amines is 1. The molecular formula is C21H25FN6O. The maximum atomic E-state index is 14.0. The highest BCUT2D eigenvalue weighted by molar-refractivity contribution is 5.98. The first-order valence-electron chi connectivity index (χ1n) is 10.2. The number of piperidine rings is 1. The second kappa shape index (κ2) is 7.51. The predicted octanol–water partition coefficient (Wildman–Crippen LogP) is 2.38. The van der Waals surface area contributed by atoms with Gasteiger partial charge in [-0.1, -0.05) is 18.2 Å². The van der Waals surface area contributed by atoms with E-state index in [9.17, 15) is 9.18 Å². The SMILES string of the molecule is O=C(c1cc2ccccc2[nH]1)N1CCn2nc(NCC3CCNCC3F)cc2C1. The lowest BCUT2D eigenvalue weighted by molar-refractivity contribution is 0.0701. The summed E-state index contributed by atoms with van der Waals surface area (Å²) in [4.78, 5) is 18.0. The van der Waals surface area contributed by atoms with Gasteiger partial charge in [0, 0.05) is 42.5 Å². The molecule has 4 heterocycles. The summed E-state index contributed by atoms with van der Waals surface area (Å²) < 4.78 is 15.9. The molecule has 5 rings (SSSR count). The third kappa shape index (κ3) is 3.60. The van der Waals surface area contributed by atoms with Gasteiger partial charge in [-0.2, -0.15) is 5.10 Å². The van der Waals surface area contributed by atoms with Gasteiger partial charge in [-0.05, 0) is 25.1 Å². The third-order valence-electron chi connectivity index (χ3n) is 5.93. The van der Waals surface area contributed by atoms with Crippen LogP contribution in [0.25, 0.3) is 10.9 Å². The Balaban J connectivity index is 1.25. The lowest BCUT2D eigenvalue weighted by Gasteiger charge is -2.27. The first-order valence-corrected chi connectivity index (χ1v) is 10.2. The molecule has 1 saturated heterocycles. The molecule has 8 heteroatoms. The molecule has 152 valence electrons. The van der Waals surface area contributed by atoms with Crippen molar-refractivity contribution < 1.29 is 9.18 Å². The zero-order chi connectivity index (χ0) is 19.8. The molecule has 0 spiro atoms. The Kier molecular flexibility index (Phi) is 4.71. The van der Waals surface area contributed by atoms with Crippen LogP contribution in [0.5, 0.6) is 0 Å². The second-order valence-electron chi connectivity index (χ2n) is 7.89. The van der Waals surface area contributed by atoms with Crippen LogP contribution in [-0.4, -0.2) is 57.9 Å². The van der Waals surface area contributed by atoms with Crippen LogP contribution in [0.2, 0.25) is 0 Å². The van der Waals surface area contributed by atoms with E-state index in [4.69, 9.17) is 0 Å². The van der Waals surface area contributed by atoms with Crippen molar-refractivity contribution in [3.8, 4) is 0 Å². The van der Waals surface area contributed by atoms with E-state index in [1.807, 2.05) is 46.0 Å². The normalized spacial score (nSPS) is 21.9. The fourth-order valence-corrected chi connectivity index (χ4v) is 4.23. The molecule has 2 aliphatic heterocycles. The van der Waals surface area contributed by atoms with E-state index >= 15 is 0 Å². The van der Waals surface area contributed by atoms with Crippen molar-refractivity contribution in [3.63, 3.8) is 0 Å². The number of carbonyl (C=O) groups excluding carboxylic acids is 1. The van der Waals surface area contributed by atoms with Crippen molar-refractivity contribution in [3.05, 3.63) is 47.8 Å². The fourth-order valence-electron chi connectivity index (χ4n) is 4.23. The number of nitrogens with zero attached hydrogens (tertiary/aromatic N) is 3. The first-order chi connectivity index (χ1) is 14.2. The molecule has 2 aromatic heterocycles. The van der Waals surface area contributed by atoms with Crippen LogP contribution < -0.4 is 10.6 Å². The monoisotopic (exact) mass is 396 g/mol. The molecule has 3 N–H and O–H groups in total. The van der Waals surface area contributed by atoms with E-state index in [1.54, 1.807) is 0 Å². The van der Waals surface area contributed by atoms with E-state index in [0.717, 1.165) is 35.4 Å². The van der Waals surface area contributed by atoms with Crippen LogP contribution in [-0.2, 0) is 13.1 Å². The number of alkyl halides is 1. The van der Waals surface area contributed by atoms with Gasteiger partial charge >= 0.3 is 0 Å². The summed E-state index contributed by atoms with van der Waals surface area (Å²) >= 11 is 0. The Hall–Kier alpha value is -2.87. The summed E-state index contributed by atoms with van der Waals surface area (Å²) in [5.41, 5.74) is 2.57. The molecule has 2 aliphatic rings. The first kappa shape index (κ1) is 18.2. The maximum absolute atomic E-state index is 14.0. The van der Waals surface area contributed by atoms with Crippen LogP contribution in [0.1, 0.15) is 22.6 Å². The van der Waals surface area contributed by atoms with Gasteiger partial charge in [0.2, 0.25) is 0 Å². The standard InChI is InChI=1S/C21H25FN6O/c22-17-12-23-6-5-15(17)11-24-20-10-16-13-27(7-8-28(16)26-20)21(29)19-9-14-3-1-2-4-18(14)25-19/h1-4,9-10,15,17,23,25H,5-8,11-13H2,(H,24,26). The van der Waals surface area contributed by atoms with Crippen LogP contribution in [0.15, 0.2) is 36.4 Å². The van der Waals surface area contributed by atoms with Crippen molar-refractivity contribution in [2.24, 2.45) is 5.92 Å². The number of H-pyrrole nitrogens is 1. The number of rotatable bonds is 4. The molecule has 1 amide bonds. The Morgan fingerprint density at radius 3 is 3.03 bits per heavy atom. The summed E-state index contributed by atoms with van der Waals surface area (Å²) in [5, 5.41) is 12.0. The van der Waals surface area contributed by atoms with Gasteiger partial charge in [-0.3, -0.25) is 9.48 Å². The molecule has 2 unspecified atom stereocenters. The quantitative estimate of drug-likeness (QED) is 0.633. The molecule has 29 heavy (non-hydrogen) atoms. The molecule has 1 fully saturated rings. The van der Waals surface area contributed by atoms with E-state index in [-0.39, 0.29) is 11.8 Å². The highest BCUT2D eigenvalue weighted by Crippen LogP contribution is 2.22. The molecule has 1 aromatic carbocycles. The van der Waals surface area contributed by atoms with Gasteiger partial charge in [0.25, 0.3) is 5.91 Å². The minimum absolute atomic E-state index is 0.00173. The number of para-hydroxylation sites is 1. The number of aromatic nitrogens is 3. The Labute approximate surface area is 168 Å². The van der Waals surface area contributed by atoms with Gasteiger partial charge in [0.15, 0.2) is 0 Å². The number of fused-ring (bicyclic) bond motifs is 2. The summed E-state index contributed by atoms with van der Waals surface area (Å²) in [7, 11) is 0. The molecule has 2 atom stereocenters. The van der Waals surface area contributed by atoms with Crippen molar-refractivity contribution >= 4 is 22.6 Å². The van der Waals surface area contributed by atoms with Crippen LogP contribution in [0.3, 0.4) is 0 Å². The highest BCUT2D eigenvalue weighted by atomic mass is 19.1. The molecule has 3 aromatic rings. The summed E-state index contributed by atoms with van der Waals surface area (Å²) in [6, 6.07) is 11.8. The number of anilines is 1. The number of nitrogens with one attached hydrogen (secondary N) is 3. The summed E-state index contributed by atoms with van der Waals surface area (Å²) in [6.07, 6.45) is 0.00651. The van der Waals surface area contributed by atoms with Gasteiger partial charge in [-0.15, -0.1) is 0 Å². The van der Waals surface area contributed by atoms with Crippen LogP contribution >= 0.6 is 0 Å². The number of amides is 1. The number of hydrogen-bond donors (Lipinski definition) is 3. The molecule has 7 nitrogen and oxygen atoms in total. The second-order valence-corrected chi connectivity index (χ2v) is 7.89. The lowest BCUT2D eigenvalue weighted by atomic mass is 9.96. The largest absolute Gasteiger partial charge is 0.368 e. The van der Waals surface area contributed by atoms with Crippen molar-refractivity contribution in [2.75, 3.05) is 31.5 Å². The smallest absolute Gasteiger partial charge is 0.270 e. The van der Waals surface area contributed by atoms with Crippen LogP contribution in [0.4, 0.5) is 10.2 Å². The number of carbonyl (C=O) groups is 1. The van der Waals surface area contributed by atoms with E-state index in [1.165, 1.54) is 0 Å². The Bertz CT molecular complexity index is 994. The van der Waals surface area contributed by atoms with Gasteiger partial charge in [0.05, 0.1) is 18.8 Å². The minimum atomic E-state index is -0.821. The average molecular weight is 396 g/mol. The van der Waals surface area contributed by atoms with Crippen molar-refractivity contribution in [1.29, 1.82) is 0 Å². The van der Waals surface area contributed by atoms with E-state index < -0.39 is 6.17 Å². The molecule has 0 bridgehead atoms. The van der Waals surface area contributed by atoms with Crippen molar-refractivity contribution in [2.45, 2.75) is 25.7 Å². The summed E-state index contributed by atoms with van der Waals surface area (Å²) in [5.74, 6) is 0.763. The average Bonchev–Trinajstić information content (AvgIpc) is 3.35. The van der Waals surface area contributed by atoms with Crippen LogP contribution in [0, 0.1) is 5.92 Å². The van der Waals surface area contributed by atoms with Gasteiger partial charge in [0.1, 0.15) is 17.7 Å². The van der Waals surface area contributed by atoms with Gasteiger partial charge in [-0.25, -0.2) is 4.39 Å². The molecule has 0 saturated carbocycles. The molecular weight excluding hydrogens is 371 g/mol. The molecule has 0 radical (unpaired) electrons. The van der Waals surface area contributed by atoms with E-state index in [0.29, 0.717) is 38.4 Å². The number of halogens is 1. The zero-order valence-corrected chi connectivity index (χ0v) is 16.2. The third-order valence-corrected chi connectivity index (χ3v) is 5.93. The maximum Gasteiger partial charge on any atom is 0.270 e. The Morgan fingerprint density at radius 2 is 2.17 bits per heavy atom. The zero-order valence-electron chi connectivity index (χ0n) is 16.2. The number of benzene rings is 1. The topological polar surface area (TPSA) is 78.0 Å². The van der Waals surface area contributed by atoms with Crippen molar-refractivity contribution in [1.82, 2.24) is 25.0 Å². The lowest BCUT2D eigenvalue weighted by Crippen LogP contribution is -2.40. The van der Waals surface area contributed by atoms with Gasteiger partial charge < -0.3 is 20.5 Å².